The molecule has 0 aromatic carbocycles. The minimum absolute atomic E-state index is 0.0523. The van der Waals surface area contributed by atoms with E-state index in [9.17, 15) is 19.7 Å². The zero-order valence-electron chi connectivity index (χ0n) is 10.6. The molecule has 1 amide bonds. The molecule has 0 unspecified atom stereocenters. The summed E-state index contributed by atoms with van der Waals surface area (Å²) in [6, 6.07) is 2.50. The first kappa shape index (κ1) is 13.7. The van der Waals surface area contributed by atoms with E-state index in [0.717, 1.165) is 11.0 Å². The number of hydrogen-bond acceptors (Lipinski definition) is 7. The summed E-state index contributed by atoms with van der Waals surface area (Å²) in [6.07, 6.45) is 0. The maximum atomic E-state index is 11.8. The fourth-order valence-electron chi connectivity index (χ4n) is 1.67. The van der Waals surface area contributed by atoms with Gasteiger partial charge in [-0.3, -0.25) is 14.5 Å². The second-order valence-corrected chi connectivity index (χ2v) is 3.82. The maximum Gasteiger partial charge on any atom is 0.366 e. The molecule has 20 heavy (non-hydrogen) atoms. The highest BCUT2D eigenvalue weighted by Gasteiger charge is 2.33. The van der Waals surface area contributed by atoms with E-state index < -0.39 is 22.6 Å². The Labute approximate surface area is 113 Å². The Balaban J connectivity index is 2.34. The molecule has 2 heterocycles. The number of hydrogen-bond donors (Lipinski definition) is 0. The first-order valence-electron chi connectivity index (χ1n) is 5.77. The molecule has 1 aliphatic rings. The second kappa shape index (κ2) is 5.51. The Hall–Kier alpha value is -2.71. The van der Waals surface area contributed by atoms with Crippen LogP contribution in [0.3, 0.4) is 0 Å². The predicted molar refractivity (Wildman–Crippen MR) is 65.4 cm³/mol. The van der Waals surface area contributed by atoms with E-state index in [-0.39, 0.29) is 31.3 Å². The smallest absolute Gasteiger partial charge is 0.366 e. The van der Waals surface area contributed by atoms with E-state index in [1.165, 1.54) is 6.07 Å². The Kier molecular flexibility index (Phi) is 3.78. The topological polar surface area (TPSA) is 112 Å². The van der Waals surface area contributed by atoms with Gasteiger partial charge in [0.2, 0.25) is 0 Å². The molecule has 0 saturated heterocycles. The minimum atomic E-state index is -0.693. The minimum Gasteiger partial charge on any atom is -0.477 e. The monoisotopic (exact) mass is 281 g/mol. The number of rotatable bonds is 4. The highest BCUT2D eigenvalue weighted by Crippen LogP contribution is 2.31. The summed E-state index contributed by atoms with van der Waals surface area (Å²) in [4.78, 5) is 38.0. The summed E-state index contributed by atoms with van der Waals surface area (Å²) in [5.74, 6) is -1.42. The van der Waals surface area contributed by atoms with Crippen LogP contribution >= 0.6 is 0 Å². The summed E-state index contributed by atoms with van der Waals surface area (Å²) in [5, 5.41) is 10.7. The van der Waals surface area contributed by atoms with Gasteiger partial charge in [-0.05, 0) is 22.9 Å². The molecule has 0 saturated carbocycles. The SMILES string of the molecule is CCOC(=O)CN1C(=O)COc2ccc([N+](=O)[O-])nc21. The third kappa shape index (κ3) is 2.66. The molecule has 106 valence electrons. The lowest BCUT2D eigenvalue weighted by atomic mass is 10.3. The lowest BCUT2D eigenvalue weighted by molar-refractivity contribution is -0.389. The zero-order valence-corrected chi connectivity index (χ0v) is 10.6. The number of pyridine rings is 1. The number of anilines is 1. The summed E-state index contributed by atoms with van der Waals surface area (Å²) >= 11 is 0. The van der Waals surface area contributed by atoms with Crippen molar-refractivity contribution < 1.29 is 24.0 Å². The lowest BCUT2D eigenvalue weighted by Gasteiger charge is -2.24. The van der Waals surface area contributed by atoms with Crippen LogP contribution < -0.4 is 9.64 Å². The molecule has 0 spiro atoms. The fraction of sp³-hybridized carbons (Fsp3) is 0.364. The van der Waals surface area contributed by atoms with Crippen LogP contribution in [-0.4, -0.2) is 41.5 Å². The Morgan fingerprint density at radius 3 is 3.00 bits per heavy atom. The molecule has 9 heteroatoms. The van der Waals surface area contributed by atoms with Crippen molar-refractivity contribution in [2.24, 2.45) is 0 Å². The average Bonchev–Trinajstić information content (AvgIpc) is 2.41. The number of esters is 1. The Morgan fingerprint density at radius 2 is 2.35 bits per heavy atom. The number of nitrogens with zero attached hydrogens (tertiary/aromatic N) is 3. The van der Waals surface area contributed by atoms with Crippen LogP contribution in [0, 0.1) is 10.1 Å². The molecular formula is C11H11N3O6. The van der Waals surface area contributed by atoms with Crippen LogP contribution in [-0.2, 0) is 14.3 Å². The highest BCUT2D eigenvalue weighted by atomic mass is 16.6. The van der Waals surface area contributed by atoms with Crippen LogP contribution in [0.2, 0.25) is 0 Å². The van der Waals surface area contributed by atoms with Gasteiger partial charge in [-0.15, -0.1) is 0 Å². The Bertz CT molecular complexity index is 573. The molecule has 0 N–H and O–H groups in total. The molecule has 0 atom stereocenters. The van der Waals surface area contributed by atoms with Crippen LogP contribution in [0.15, 0.2) is 12.1 Å². The normalized spacial score (nSPS) is 13.4. The molecule has 2 rings (SSSR count). The van der Waals surface area contributed by atoms with Crippen LogP contribution in [0.1, 0.15) is 6.92 Å². The average molecular weight is 281 g/mol. The van der Waals surface area contributed by atoms with E-state index >= 15 is 0 Å². The van der Waals surface area contributed by atoms with Gasteiger partial charge in [-0.2, -0.15) is 0 Å². The number of ether oxygens (including phenoxy) is 2. The first-order chi connectivity index (χ1) is 9.52. The Morgan fingerprint density at radius 1 is 1.60 bits per heavy atom. The molecule has 1 aromatic rings. The molecular weight excluding hydrogens is 270 g/mol. The van der Waals surface area contributed by atoms with Gasteiger partial charge in [0.15, 0.2) is 12.4 Å². The van der Waals surface area contributed by atoms with E-state index in [1.54, 1.807) is 6.92 Å². The third-order valence-corrected chi connectivity index (χ3v) is 2.51. The molecule has 1 aliphatic heterocycles. The van der Waals surface area contributed by atoms with E-state index in [0.29, 0.717) is 0 Å². The van der Waals surface area contributed by atoms with Crippen LogP contribution in [0.5, 0.6) is 5.75 Å². The fourth-order valence-corrected chi connectivity index (χ4v) is 1.67. The maximum absolute atomic E-state index is 11.8. The van der Waals surface area contributed by atoms with Gasteiger partial charge in [0.25, 0.3) is 11.7 Å². The number of amides is 1. The van der Waals surface area contributed by atoms with Gasteiger partial charge in [0.05, 0.1) is 6.61 Å². The van der Waals surface area contributed by atoms with E-state index in [4.69, 9.17) is 9.47 Å². The van der Waals surface area contributed by atoms with Crippen molar-refractivity contribution in [3.05, 3.63) is 22.2 Å². The van der Waals surface area contributed by atoms with Crippen molar-refractivity contribution in [1.82, 2.24) is 4.98 Å². The molecule has 0 fully saturated rings. The van der Waals surface area contributed by atoms with Crippen LogP contribution in [0.4, 0.5) is 11.6 Å². The molecule has 0 radical (unpaired) electrons. The summed E-state index contributed by atoms with van der Waals surface area (Å²) in [7, 11) is 0. The largest absolute Gasteiger partial charge is 0.477 e. The van der Waals surface area contributed by atoms with Crippen molar-refractivity contribution in [2.45, 2.75) is 6.92 Å². The predicted octanol–water partition coefficient (Wildman–Crippen LogP) is 0.278. The zero-order chi connectivity index (χ0) is 14.7. The van der Waals surface area contributed by atoms with Crippen molar-refractivity contribution >= 4 is 23.5 Å². The van der Waals surface area contributed by atoms with Gasteiger partial charge < -0.3 is 19.6 Å². The number of carbonyl (C=O) groups excluding carboxylic acids is 2. The van der Waals surface area contributed by atoms with Crippen molar-refractivity contribution in [2.75, 3.05) is 24.7 Å². The second-order valence-electron chi connectivity index (χ2n) is 3.82. The van der Waals surface area contributed by atoms with Gasteiger partial charge in [0, 0.05) is 6.07 Å². The highest BCUT2D eigenvalue weighted by molar-refractivity contribution is 6.00. The quantitative estimate of drug-likeness (QED) is 0.442. The van der Waals surface area contributed by atoms with Gasteiger partial charge in [-0.25, -0.2) is 0 Å². The molecule has 0 bridgehead atoms. The third-order valence-electron chi connectivity index (χ3n) is 2.51. The number of nitro groups is 1. The number of aromatic nitrogens is 1. The van der Waals surface area contributed by atoms with E-state index in [2.05, 4.69) is 4.98 Å². The molecule has 0 aliphatic carbocycles. The standard InChI is InChI=1S/C11H11N3O6/c1-2-19-10(16)5-13-9(15)6-20-7-3-4-8(14(17)18)12-11(7)13/h3-4H,2,5-6H2,1H3. The van der Waals surface area contributed by atoms with Gasteiger partial charge in [-0.1, -0.05) is 0 Å². The van der Waals surface area contributed by atoms with Crippen molar-refractivity contribution in [3.8, 4) is 5.75 Å². The van der Waals surface area contributed by atoms with Crippen molar-refractivity contribution in [1.29, 1.82) is 0 Å². The number of carbonyl (C=O) groups is 2. The summed E-state index contributed by atoms with van der Waals surface area (Å²) < 4.78 is 9.86. The summed E-state index contributed by atoms with van der Waals surface area (Å²) in [5.41, 5.74) is 0. The van der Waals surface area contributed by atoms with Crippen molar-refractivity contribution in [3.63, 3.8) is 0 Å². The number of fused-ring (bicyclic) bond motifs is 1. The van der Waals surface area contributed by atoms with Gasteiger partial charge in [0.1, 0.15) is 6.54 Å². The lowest BCUT2D eigenvalue weighted by Crippen LogP contribution is -2.43. The molecule has 9 nitrogen and oxygen atoms in total. The molecule has 1 aromatic heterocycles. The summed E-state index contributed by atoms with van der Waals surface area (Å²) in [6.45, 7) is 1.19. The van der Waals surface area contributed by atoms with Gasteiger partial charge >= 0.3 is 11.8 Å². The first-order valence-corrected chi connectivity index (χ1v) is 5.77. The van der Waals surface area contributed by atoms with E-state index in [1.807, 2.05) is 0 Å². The van der Waals surface area contributed by atoms with Crippen LogP contribution in [0.25, 0.3) is 0 Å².